The van der Waals surface area contributed by atoms with E-state index in [2.05, 4.69) is 0 Å². The van der Waals surface area contributed by atoms with Crippen LogP contribution in [0.5, 0.6) is 0 Å². The zero-order valence-corrected chi connectivity index (χ0v) is 25.2. The molecule has 0 fully saturated rings. The molecule has 0 aromatic rings. The molecule has 40 heavy (non-hydrogen) atoms. The third-order valence-corrected chi connectivity index (χ3v) is 4.42. The van der Waals surface area contributed by atoms with E-state index in [1.165, 1.54) is 0 Å². The minimum absolute atomic E-state index is 0.0808. The zero-order chi connectivity index (χ0) is 29.4. The topological polar surface area (TPSA) is 128 Å². The Morgan fingerprint density at radius 3 is 0.850 bits per heavy atom. The van der Waals surface area contributed by atoms with Gasteiger partial charge >= 0.3 is 5.97 Å². The second-order valence-electron chi connectivity index (χ2n) is 9.14. The number of esters is 1. The maximum atomic E-state index is 11.5. The van der Waals surface area contributed by atoms with Crippen molar-refractivity contribution in [3.8, 4) is 0 Å². The Balaban J connectivity index is 3.09. The van der Waals surface area contributed by atoms with Crippen LogP contribution in [0.15, 0.2) is 0 Å². The number of methoxy groups -OCH3 is 1. The average Bonchev–Trinajstić information content (AvgIpc) is 2.90. The van der Waals surface area contributed by atoms with Gasteiger partial charge in [0.1, 0.15) is 12.2 Å². The molecule has 0 aliphatic rings. The fraction of sp³-hybridized carbons (Fsp3) is 0.963. The summed E-state index contributed by atoms with van der Waals surface area (Å²) in [6.45, 7) is 15.3. The fourth-order valence-electron chi connectivity index (χ4n) is 2.65. The number of hydrogen-bond acceptors (Lipinski definition) is 13. The largest absolute Gasteiger partial charge is 0.458 e. The van der Waals surface area contributed by atoms with Crippen molar-refractivity contribution in [1.82, 2.24) is 0 Å². The molecule has 0 amide bonds. The highest BCUT2D eigenvalue weighted by atomic mass is 16.6. The number of rotatable bonds is 32. The van der Waals surface area contributed by atoms with Gasteiger partial charge in [0, 0.05) is 7.11 Å². The van der Waals surface area contributed by atoms with Gasteiger partial charge in [-0.1, -0.05) is 0 Å². The van der Waals surface area contributed by atoms with Crippen molar-refractivity contribution in [3.05, 3.63) is 0 Å². The van der Waals surface area contributed by atoms with Gasteiger partial charge in [-0.2, -0.15) is 0 Å². The smallest absolute Gasteiger partial charge is 0.332 e. The maximum Gasteiger partial charge on any atom is 0.332 e. The van der Waals surface area contributed by atoms with Gasteiger partial charge in [0.15, 0.2) is 0 Å². The molecule has 0 saturated heterocycles. The molecule has 0 atom stereocenters. The van der Waals surface area contributed by atoms with Crippen LogP contribution >= 0.6 is 0 Å². The molecular weight excluding hydrogens is 532 g/mol. The second kappa shape index (κ2) is 31.0. The Hall–Kier alpha value is -0.970. The Morgan fingerprint density at radius 1 is 0.400 bits per heavy atom. The summed E-state index contributed by atoms with van der Waals surface area (Å²) in [4.78, 5) is 11.5. The maximum absolute atomic E-state index is 11.5. The van der Waals surface area contributed by atoms with Crippen molar-refractivity contribution in [2.45, 2.75) is 26.4 Å². The van der Waals surface area contributed by atoms with Crippen LogP contribution in [0.3, 0.4) is 0 Å². The van der Waals surface area contributed by atoms with Crippen LogP contribution in [0.2, 0.25) is 0 Å². The quantitative estimate of drug-likeness (QED) is 0.0826. The second-order valence-corrected chi connectivity index (χ2v) is 9.14. The molecule has 13 nitrogen and oxygen atoms in total. The number of ether oxygens (including phenoxy) is 12. The van der Waals surface area contributed by atoms with Crippen LogP contribution in [-0.4, -0.2) is 157 Å². The van der Waals surface area contributed by atoms with E-state index >= 15 is 0 Å². The molecule has 0 spiro atoms. The van der Waals surface area contributed by atoms with E-state index < -0.39 is 5.60 Å². The number of carbonyl (C=O) groups excluding carboxylic acids is 1. The number of hydrogen-bond donors (Lipinski definition) is 0. The summed E-state index contributed by atoms with van der Waals surface area (Å²) < 4.78 is 63.9. The summed E-state index contributed by atoms with van der Waals surface area (Å²) in [5.74, 6) is -0.385. The lowest BCUT2D eigenvalue weighted by Gasteiger charge is -2.19. The molecule has 240 valence electrons. The van der Waals surface area contributed by atoms with Crippen molar-refractivity contribution in [3.63, 3.8) is 0 Å². The number of carbonyl (C=O) groups is 1. The molecule has 0 rings (SSSR count). The van der Waals surface area contributed by atoms with Crippen LogP contribution in [0.4, 0.5) is 0 Å². The SMILES string of the molecule is COCCOCCOCCOCCOCCOCCOCCOCCOCCOCCOCC(=O)OC(C)(C)C. The Morgan fingerprint density at radius 2 is 0.625 bits per heavy atom. The average molecular weight is 587 g/mol. The minimum atomic E-state index is -0.508. The van der Waals surface area contributed by atoms with Gasteiger partial charge in [0.05, 0.1) is 132 Å². The summed E-state index contributed by atoms with van der Waals surface area (Å²) in [5, 5.41) is 0. The Kier molecular flexibility index (Phi) is 30.2. The van der Waals surface area contributed by atoms with Crippen molar-refractivity contribution < 1.29 is 61.6 Å². The van der Waals surface area contributed by atoms with E-state index in [0.29, 0.717) is 132 Å². The van der Waals surface area contributed by atoms with Crippen LogP contribution in [0.1, 0.15) is 20.8 Å². The summed E-state index contributed by atoms with van der Waals surface area (Å²) in [7, 11) is 1.64. The highest BCUT2D eigenvalue weighted by molar-refractivity contribution is 5.71. The Bertz CT molecular complexity index is 517. The highest BCUT2D eigenvalue weighted by Gasteiger charge is 2.15. The van der Waals surface area contributed by atoms with Crippen LogP contribution < -0.4 is 0 Å². The summed E-state index contributed by atoms with van der Waals surface area (Å²) >= 11 is 0. The van der Waals surface area contributed by atoms with Gasteiger partial charge in [0.2, 0.25) is 0 Å². The lowest BCUT2D eigenvalue weighted by Crippen LogP contribution is -2.27. The molecule has 0 aromatic carbocycles. The van der Waals surface area contributed by atoms with E-state index in [-0.39, 0.29) is 12.6 Å². The molecule has 0 unspecified atom stereocenters. The van der Waals surface area contributed by atoms with E-state index in [4.69, 9.17) is 56.8 Å². The zero-order valence-electron chi connectivity index (χ0n) is 25.2. The van der Waals surface area contributed by atoms with E-state index in [1.54, 1.807) is 7.11 Å². The van der Waals surface area contributed by atoms with E-state index in [1.807, 2.05) is 20.8 Å². The molecule has 0 heterocycles. The standard InChI is InChI=1S/C27H54O13/c1-27(2,3)40-26(28)25-39-24-23-38-22-21-37-20-19-36-18-17-35-16-15-34-14-13-33-12-11-32-10-9-31-8-7-30-6-5-29-4/h5-25H2,1-4H3. The summed E-state index contributed by atoms with van der Waals surface area (Å²) in [6, 6.07) is 0. The van der Waals surface area contributed by atoms with Gasteiger partial charge in [-0.3, -0.25) is 0 Å². The predicted molar refractivity (Wildman–Crippen MR) is 146 cm³/mol. The first kappa shape index (κ1) is 39.0. The molecule has 0 aromatic heterocycles. The van der Waals surface area contributed by atoms with Gasteiger partial charge in [0.25, 0.3) is 0 Å². The summed E-state index contributed by atoms with van der Waals surface area (Å²) in [6.07, 6.45) is 0. The molecule has 0 radical (unpaired) electrons. The van der Waals surface area contributed by atoms with Crippen LogP contribution in [0, 0.1) is 0 Å². The van der Waals surface area contributed by atoms with E-state index in [9.17, 15) is 4.79 Å². The lowest BCUT2D eigenvalue weighted by molar-refractivity contribution is -0.160. The van der Waals surface area contributed by atoms with Crippen LogP contribution in [-0.2, 0) is 61.6 Å². The van der Waals surface area contributed by atoms with Crippen molar-refractivity contribution >= 4 is 5.97 Å². The molecule has 0 aliphatic heterocycles. The molecular formula is C27H54O13. The first-order valence-electron chi connectivity index (χ1n) is 13.9. The van der Waals surface area contributed by atoms with Gasteiger partial charge in [-0.15, -0.1) is 0 Å². The molecule has 13 heteroatoms. The van der Waals surface area contributed by atoms with E-state index in [0.717, 1.165) is 0 Å². The Labute approximate surface area is 240 Å². The molecule has 0 saturated carbocycles. The first-order valence-corrected chi connectivity index (χ1v) is 13.9. The fourth-order valence-corrected chi connectivity index (χ4v) is 2.65. The highest BCUT2D eigenvalue weighted by Crippen LogP contribution is 2.06. The lowest BCUT2D eigenvalue weighted by atomic mass is 10.2. The van der Waals surface area contributed by atoms with Crippen LogP contribution in [0.25, 0.3) is 0 Å². The van der Waals surface area contributed by atoms with Gasteiger partial charge in [-0.25, -0.2) is 4.79 Å². The van der Waals surface area contributed by atoms with Crippen molar-refractivity contribution in [2.24, 2.45) is 0 Å². The monoisotopic (exact) mass is 586 g/mol. The van der Waals surface area contributed by atoms with Crippen molar-refractivity contribution in [2.75, 3.05) is 146 Å². The molecule has 0 N–H and O–H groups in total. The first-order chi connectivity index (χ1) is 19.5. The van der Waals surface area contributed by atoms with Gasteiger partial charge < -0.3 is 56.8 Å². The third kappa shape index (κ3) is 35.1. The normalized spacial score (nSPS) is 11.8. The van der Waals surface area contributed by atoms with Gasteiger partial charge in [-0.05, 0) is 20.8 Å². The third-order valence-electron chi connectivity index (χ3n) is 4.42. The molecule has 0 bridgehead atoms. The minimum Gasteiger partial charge on any atom is -0.458 e. The summed E-state index contributed by atoms with van der Waals surface area (Å²) in [5.41, 5.74) is -0.508. The predicted octanol–water partition coefficient (Wildman–Crippen LogP) is 1.14. The van der Waals surface area contributed by atoms with Crippen molar-refractivity contribution in [1.29, 1.82) is 0 Å². The molecule has 0 aliphatic carbocycles.